The van der Waals surface area contributed by atoms with Gasteiger partial charge in [-0.3, -0.25) is 0 Å². The van der Waals surface area contributed by atoms with E-state index in [0.29, 0.717) is 0 Å². The highest BCUT2D eigenvalue weighted by Gasteiger charge is 2.43. The molecule has 1 aliphatic rings. The van der Waals surface area contributed by atoms with Gasteiger partial charge >= 0.3 is 0 Å². The summed E-state index contributed by atoms with van der Waals surface area (Å²) in [6.45, 7) is 13.3. The van der Waals surface area contributed by atoms with Crippen molar-refractivity contribution in [1.29, 1.82) is 0 Å². The molecule has 2 heteroatoms. The number of hydrogen-bond donors (Lipinski definition) is 0. The Hall–Kier alpha value is -6.12. The summed E-state index contributed by atoms with van der Waals surface area (Å²) in [6, 6.07) is 62.2. The summed E-state index contributed by atoms with van der Waals surface area (Å²) in [4.78, 5) is 4.97. The van der Waals surface area contributed by atoms with E-state index in [1.807, 2.05) is 0 Å². The fourth-order valence-electron chi connectivity index (χ4n) is 10.7. The predicted octanol–water partition coefficient (Wildman–Crippen LogP) is 19.8. The van der Waals surface area contributed by atoms with E-state index in [9.17, 15) is 0 Å². The van der Waals surface area contributed by atoms with Crippen molar-refractivity contribution >= 4 is 39.7 Å². The highest BCUT2D eigenvalue weighted by Crippen LogP contribution is 2.57. The van der Waals surface area contributed by atoms with Crippen LogP contribution >= 0.6 is 0 Å². The zero-order chi connectivity index (χ0) is 46.6. The van der Waals surface area contributed by atoms with Crippen molar-refractivity contribution in [3.63, 3.8) is 0 Å². The number of unbranched alkanes of at least 4 members (excludes halogenated alkanes) is 10. The zero-order valence-corrected chi connectivity index (χ0v) is 41.5. The molecule has 7 aromatic rings. The van der Waals surface area contributed by atoms with Crippen molar-refractivity contribution in [2.45, 2.75) is 137 Å². The summed E-state index contributed by atoms with van der Waals surface area (Å²) in [5.41, 5.74) is 20.4. The third-order valence-electron chi connectivity index (χ3n) is 14.4. The summed E-state index contributed by atoms with van der Waals surface area (Å²) < 4.78 is 0. The summed E-state index contributed by atoms with van der Waals surface area (Å²) in [5.74, 6) is 0. The number of hydrogen-bond acceptors (Lipinski definition) is 2. The second kappa shape index (κ2) is 22.6. The number of benzene rings is 7. The Labute approximate surface area is 404 Å². The lowest BCUT2D eigenvalue weighted by molar-refractivity contribution is 0.398. The van der Waals surface area contributed by atoms with Gasteiger partial charge in [0, 0.05) is 39.5 Å². The fourth-order valence-corrected chi connectivity index (χ4v) is 10.7. The average molecular weight is 883 g/mol. The second-order valence-corrected chi connectivity index (χ2v) is 19.4. The van der Waals surface area contributed by atoms with Gasteiger partial charge in [-0.15, -0.1) is 0 Å². The van der Waals surface area contributed by atoms with Crippen LogP contribution in [-0.4, -0.2) is 0 Å². The highest BCUT2D eigenvalue weighted by molar-refractivity contribution is 5.89. The van der Waals surface area contributed by atoms with Crippen molar-refractivity contribution < 1.29 is 0 Å². The molecule has 0 bridgehead atoms. The first-order valence-electron chi connectivity index (χ1n) is 25.8. The molecular formula is C65H74N2. The van der Waals surface area contributed by atoms with Gasteiger partial charge in [-0.2, -0.15) is 0 Å². The normalized spacial score (nSPS) is 12.8. The molecule has 0 N–H and O–H groups in total. The Balaban J connectivity index is 1.27. The number of allylic oxidation sites excluding steroid dienone is 1. The van der Waals surface area contributed by atoms with Crippen molar-refractivity contribution in [3.05, 3.63) is 209 Å². The minimum Gasteiger partial charge on any atom is -0.310 e. The average Bonchev–Trinajstić information content (AvgIpc) is 3.62. The smallest absolute Gasteiger partial charge is 0.0465 e. The van der Waals surface area contributed by atoms with E-state index in [2.05, 4.69) is 221 Å². The molecule has 0 radical (unpaired) electrons. The molecule has 0 unspecified atom stereocenters. The summed E-state index contributed by atoms with van der Waals surface area (Å²) in [6.07, 6.45) is 20.0. The minimum absolute atomic E-state index is 0.113. The number of anilines is 6. The molecule has 0 fully saturated rings. The second-order valence-electron chi connectivity index (χ2n) is 19.4. The van der Waals surface area contributed by atoms with Crippen LogP contribution in [0.2, 0.25) is 0 Å². The number of fused-ring (bicyclic) bond motifs is 3. The molecule has 0 saturated carbocycles. The van der Waals surface area contributed by atoms with Gasteiger partial charge < -0.3 is 9.80 Å². The first-order valence-corrected chi connectivity index (χ1v) is 25.8. The van der Waals surface area contributed by atoms with Crippen molar-refractivity contribution in [2.24, 2.45) is 0 Å². The topological polar surface area (TPSA) is 6.48 Å². The van der Waals surface area contributed by atoms with Gasteiger partial charge in [0.2, 0.25) is 0 Å². The van der Waals surface area contributed by atoms with Crippen LogP contribution in [-0.2, 0) is 5.41 Å². The van der Waals surface area contributed by atoms with E-state index in [0.717, 1.165) is 18.5 Å². The first-order chi connectivity index (χ1) is 32.8. The maximum Gasteiger partial charge on any atom is 0.0465 e. The van der Waals surface area contributed by atoms with E-state index in [4.69, 9.17) is 0 Å². The van der Waals surface area contributed by atoms with E-state index in [1.54, 1.807) is 0 Å². The molecule has 0 atom stereocenters. The summed E-state index contributed by atoms with van der Waals surface area (Å²) >= 11 is 0. The van der Waals surface area contributed by atoms with Gasteiger partial charge in [-0.25, -0.2) is 0 Å². The summed E-state index contributed by atoms with van der Waals surface area (Å²) in [7, 11) is 0. The first kappa shape index (κ1) is 47.4. The Morgan fingerprint density at radius 2 is 0.731 bits per heavy atom. The molecule has 2 nitrogen and oxygen atoms in total. The SMILES string of the molecule is CC=C(c1ccccc1)c1ccc(N(c2ccc(C)cc2)c2ccc3c(c2)C(CCCCCCCC)(CCCCCCCC)c2cc(N(c4ccc(C)cc4)c4ccc(C)cc4)ccc2-3)cc1. The fraction of sp³-hybridized carbons (Fsp3) is 0.323. The van der Waals surface area contributed by atoms with E-state index < -0.39 is 0 Å². The maximum atomic E-state index is 2.61. The Morgan fingerprint density at radius 1 is 0.388 bits per heavy atom. The molecule has 344 valence electrons. The Morgan fingerprint density at radius 3 is 1.12 bits per heavy atom. The largest absolute Gasteiger partial charge is 0.310 e. The van der Waals surface area contributed by atoms with Crippen molar-refractivity contribution in [2.75, 3.05) is 9.80 Å². The van der Waals surface area contributed by atoms with Crippen molar-refractivity contribution in [1.82, 2.24) is 0 Å². The van der Waals surface area contributed by atoms with E-state index in [1.165, 1.54) is 161 Å². The predicted molar refractivity (Wildman–Crippen MR) is 291 cm³/mol. The number of rotatable bonds is 22. The van der Waals surface area contributed by atoms with Crippen LogP contribution < -0.4 is 9.80 Å². The van der Waals surface area contributed by atoms with Crippen LogP contribution in [0.4, 0.5) is 34.1 Å². The molecule has 0 spiro atoms. The van der Waals surface area contributed by atoms with Gasteiger partial charge in [-0.05, 0) is 152 Å². The lowest BCUT2D eigenvalue weighted by atomic mass is 9.70. The third kappa shape index (κ3) is 10.9. The van der Waals surface area contributed by atoms with Crippen LogP contribution in [0.15, 0.2) is 170 Å². The van der Waals surface area contributed by atoms with Gasteiger partial charge in [0.1, 0.15) is 0 Å². The number of nitrogens with zero attached hydrogens (tertiary/aromatic N) is 2. The number of aryl methyl sites for hydroxylation is 3. The molecule has 0 aromatic heterocycles. The molecule has 7 aromatic carbocycles. The van der Waals surface area contributed by atoms with Gasteiger partial charge in [0.05, 0.1) is 0 Å². The maximum absolute atomic E-state index is 2.61. The zero-order valence-electron chi connectivity index (χ0n) is 41.5. The summed E-state index contributed by atoms with van der Waals surface area (Å²) in [5, 5.41) is 0. The van der Waals surface area contributed by atoms with Gasteiger partial charge in [-0.1, -0.05) is 205 Å². The van der Waals surface area contributed by atoms with Gasteiger partial charge in [0.15, 0.2) is 0 Å². The molecule has 0 aliphatic heterocycles. The van der Waals surface area contributed by atoms with E-state index in [-0.39, 0.29) is 5.41 Å². The molecule has 8 rings (SSSR count). The molecule has 1 aliphatic carbocycles. The lowest BCUT2D eigenvalue weighted by Gasteiger charge is -2.35. The van der Waals surface area contributed by atoms with Crippen LogP contribution in [0, 0.1) is 20.8 Å². The van der Waals surface area contributed by atoms with Crippen LogP contribution in [0.1, 0.15) is 150 Å². The minimum atomic E-state index is -0.113. The van der Waals surface area contributed by atoms with Crippen molar-refractivity contribution in [3.8, 4) is 11.1 Å². The molecule has 0 amide bonds. The Kier molecular flexibility index (Phi) is 16.0. The molecule has 0 heterocycles. The standard InChI is InChI=1S/C65H74N2/c1-7-10-12-14-16-21-45-65(46-22-17-15-13-11-8-2)63-47-58(66(54-33-25-49(4)26-34-54)55-35-27-50(5)28-36-55)41-43-61(63)62-44-42-59(48-64(62)65)67(56-37-29-51(6)30-38-56)57-39-31-53(32-40-57)60(9-3)52-23-19-18-20-24-52/h9,18-20,23-44,47-48H,7-8,10-17,21-22,45-46H2,1-6H3. The molecule has 67 heavy (non-hydrogen) atoms. The van der Waals surface area contributed by atoms with Crippen LogP contribution in [0.5, 0.6) is 0 Å². The lowest BCUT2D eigenvalue weighted by Crippen LogP contribution is -2.26. The molecular weight excluding hydrogens is 809 g/mol. The van der Waals surface area contributed by atoms with Crippen LogP contribution in [0.3, 0.4) is 0 Å². The third-order valence-corrected chi connectivity index (χ3v) is 14.4. The quantitative estimate of drug-likeness (QED) is 0.0626. The van der Waals surface area contributed by atoms with Gasteiger partial charge in [0.25, 0.3) is 0 Å². The molecule has 0 saturated heterocycles. The monoisotopic (exact) mass is 883 g/mol. The van der Waals surface area contributed by atoms with E-state index >= 15 is 0 Å². The van der Waals surface area contributed by atoms with Crippen LogP contribution in [0.25, 0.3) is 16.7 Å². The Bertz CT molecular complexity index is 2610. The highest BCUT2D eigenvalue weighted by atomic mass is 15.1.